The summed E-state index contributed by atoms with van der Waals surface area (Å²) in [4.78, 5) is 61.4. The molecule has 4 amide bonds. The first-order valence-corrected chi connectivity index (χ1v) is 19.5. The number of pyridine rings is 1. The molecule has 3 N–H and O–H groups in total. The molecule has 2 aliphatic carbocycles. The molecule has 1 saturated heterocycles. The Bertz CT molecular complexity index is 2280. The summed E-state index contributed by atoms with van der Waals surface area (Å²) >= 11 is 0. The van der Waals surface area contributed by atoms with Gasteiger partial charge >= 0.3 is 0 Å². The highest BCUT2D eigenvalue weighted by molar-refractivity contribution is 7.91. The van der Waals surface area contributed by atoms with Crippen molar-refractivity contribution >= 4 is 44.6 Å². The van der Waals surface area contributed by atoms with Crippen molar-refractivity contribution in [1.82, 2.24) is 25.2 Å². The molecule has 1 aliphatic heterocycles. The van der Waals surface area contributed by atoms with Gasteiger partial charge in [0.1, 0.15) is 35.2 Å². The number of carbonyl (C=O) groups excluding carboxylic acids is 4. The highest BCUT2D eigenvalue weighted by Gasteiger charge is 2.62. The zero-order chi connectivity index (χ0) is 38.9. The van der Waals surface area contributed by atoms with E-state index in [9.17, 15) is 27.6 Å². The number of nitrogens with one attached hydrogen (secondary N) is 3. The van der Waals surface area contributed by atoms with Gasteiger partial charge in [0.25, 0.3) is 11.8 Å². The van der Waals surface area contributed by atoms with E-state index in [1.165, 1.54) is 11.0 Å². The lowest BCUT2D eigenvalue weighted by molar-refractivity contribution is -0.142. The van der Waals surface area contributed by atoms with E-state index >= 15 is 0 Å². The van der Waals surface area contributed by atoms with E-state index in [4.69, 9.17) is 14.5 Å². The van der Waals surface area contributed by atoms with Crippen molar-refractivity contribution in [3.63, 3.8) is 0 Å². The fraction of sp³-hybridized carbons (Fsp3) is 0.293. The van der Waals surface area contributed by atoms with Crippen molar-refractivity contribution in [2.24, 2.45) is 5.92 Å². The van der Waals surface area contributed by atoms with Crippen LogP contribution in [0.5, 0.6) is 11.5 Å². The molecule has 2 saturated carbocycles. The number of amides is 4. The summed E-state index contributed by atoms with van der Waals surface area (Å²) in [6.45, 7) is 7.24. The van der Waals surface area contributed by atoms with E-state index in [-0.39, 0.29) is 19.4 Å². The molecule has 5 atom stereocenters. The standard InChI is InChI=1S/C41H41N5O8S/c1-4-27-23-41(27,40(50)45-55(51,52)30-17-18-30)44-38(48)34-21-29(24-46(34)39(49)37(43-36(47)5-2)26-14-10-7-11-15-26)54-35-22-32(25-12-8-6-9-13-25)42-33-20-28(53-3)16-19-31(33)35/h4-16,19-20,22,27,29-30,34,37H,1-2,17-18,21,23-24H2,3H3,(H,43,47)(H,44,48)(H,45,50). The number of fused-ring (bicyclic) bond motifs is 1. The van der Waals surface area contributed by atoms with Crippen LogP contribution in [0.25, 0.3) is 22.2 Å². The lowest BCUT2D eigenvalue weighted by atomic mass is 10.0. The van der Waals surface area contributed by atoms with Gasteiger partial charge in [0.05, 0.1) is 30.1 Å². The molecule has 0 spiro atoms. The Hall–Kier alpha value is -6.02. The molecule has 0 radical (unpaired) electrons. The van der Waals surface area contributed by atoms with Gasteiger partial charge < -0.3 is 25.0 Å². The molecule has 1 aromatic heterocycles. The Labute approximate surface area is 318 Å². The first-order valence-electron chi connectivity index (χ1n) is 18.0. The van der Waals surface area contributed by atoms with Gasteiger partial charge in [-0.05, 0) is 43.0 Å². The summed E-state index contributed by atoms with van der Waals surface area (Å²) in [7, 11) is -2.35. The molecule has 3 fully saturated rings. The Kier molecular flexibility index (Phi) is 10.2. The zero-order valence-corrected chi connectivity index (χ0v) is 31.0. The Morgan fingerprint density at radius 2 is 1.69 bits per heavy atom. The molecule has 7 rings (SSSR count). The second kappa shape index (κ2) is 15.0. The summed E-state index contributed by atoms with van der Waals surface area (Å²) in [6, 6.07) is 23.0. The van der Waals surface area contributed by atoms with E-state index < -0.39 is 68.5 Å². The summed E-state index contributed by atoms with van der Waals surface area (Å²) in [5.74, 6) is -2.20. The summed E-state index contributed by atoms with van der Waals surface area (Å²) in [6.07, 6.45) is 2.85. The molecular formula is C41H41N5O8S. The van der Waals surface area contributed by atoms with Crippen molar-refractivity contribution in [1.29, 1.82) is 0 Å². The molecule has 4 aromatic rings. The van der Waals surface area contributed by atoms with Gasteiger partial charge in [-0.25, -0.2) is 13.4 Å². The maximum atomic E-state index is 14.6. The van der Waals surface area contributed by atoms with E-state index in [2.05, 4.69) is 28.5 Å². The number of methoxy groups -OCH3 is 1. The predicted octanol–water partition coefficient (Wildman–Crippen LogP) is 3.97. The number of likely N-dealkylation sites (tertiary alicyclic amines) is 1. The molecular weight excluding hydrogens is 723 g/mol. The van der Waals surface area contributed by atoms with E-state index in [0.29, 0.717) is 46.5 Å². The highest BCUT2D eigenvalue weighted by Crippen LogP contribution is 2.46. The van der Waals surface area contributed by atoms with Gasteiger partial charge in [0.15, 0.2) is 0 Å². The monoisotopic (exact) mass is 763 g/mol. The van der Waals surface area contributed by atoms with Crippen LogP contribution < -0.4 is 24.8 Å². The van der Waals surface area contributed by atoms with Crippen molar-refractivity contribution in [2.75, 3.05) is 13.7 Å². The Balaban J connectivity index is 1.23. The normalized spacial score (nSPS) is 22.2. The number of benzene rings is 3. The summed E-state index contributed by atoms with van der Waals surface area (Å²) in [5.41, 5.74) is 0.976. The van der Waals surface area contributed by atoms with Crippen LogP contribution in [0.4, 0.5) is 0 Å². The van der Waals surface area contributed by atoms with Crippen LogP contribution in [0.1, 0.15) is 37.3 Å². The molecule has 0 bridgehead atoms. The molecule has 3 aromatic carbocycles. The van der Waals surface area contributed by atoms with Crippen molar-refractivity contribution < 1.29 is 37.1 Å². The van der Waals surface area contributed by atoms with Crippen LogP contribution in [-0.4, -0.2) is 78.5 Å². The number of hydrogen-bond acceptors (Lipinski definition) is 9. The average Bonchev–Trinajstić information content (AvgIpc) is 4.13. The first-order chi connectivity index (χ1) is 26.5. The van der Waals surface area contributed by atoms with E-state index in [0.717, 1.165) is 11.6 Å². The number of rotatable bonds is 14. The molecule has 284 valence electrons. The van der Waals surface area contributed by atoms with Crippen molar-refractivity contribution in [2.45, 2.75) is 54.7 Å². The maximum absolute atomic E-state index is 14.6. The Morgan fingerprint density at radius 3 is 2.33 bits per heavy atom. The van der Waals surface area contributed by atoms with Gasteiger partial charge in [-0.15, -0.1) is 6.58 Å². The van der Waals surface area contributed by atoms with Gasteiger partial charge in [-0.1, -0.05) is 73.3 Å². The molecule has 5 unspecified atom stereocenters. The fourth-order valence-electron chi connectivity index (χ4n) is 7.03. The van der Waals surface area contributed by atoms with Crippen molar-refractivity contribution in [3.05, 3.63) is 116 Å². The number of ether oxygens (including phenoxy) is 2. The zero-order valence-electron chi connectivity index (χ0n) is 30.1. The molecule has 2 heterocycles. The fourth-order valence-corrected chi connectivity index (χ4v) is 8.40. The molecule has 14 heteroatoms. The number of carbonyl (C=O) groups is 4. The second-order valence-corrected chi connectivity index (χ2v) is 15.9. The third-order valence-electron chi connectivity index (χ3n) is 10.3. The van der Waals surface area contributed by atoms with E-state index in [1.54, 1.807) is 55.6 Å². The Morgan fingerprint density at radius 1 is 0.982 bits per heavy atom. The van der Waals surface area contributed by atoms with Gasteiger partial charge in [-0.2, -0.15) is 0 Å². The first kappa shape index (κ1) is 37.3. The van der Waals surface area contributed by atoms with Crippen LogP contribution in [-0.2, 0) is 29.2 Å². The molecule has 13 nitrogen and oxygen atoms in total. The highest BCUT2D eigenvalue weighted by atomic mass is 32.2. The number of hydrogen-bond donors (Lipinski definition) is 3. The van der Waals surface area contributed by atoms with Gasteiger partial charge in [0, 0.05) is 35.4 Å². The lowest BCUT2D eigenvalue weighted by Crippen LogP contribution is -2.57. The number of aromatic nitrogens is 1. The SMILES string of the molecule is C=CC(=O)NC(C(=O)N1CC(Oc2cc(-c3ccccc3)nc3cc(OC)ccc23)CC1C(=O)NC1(C(=O)NS(=O)(=O)C2CC2)CC1C=C)c1ccccc1. The molecule has 3 aliphatic rings. The van der Waals surface area contributed by atoms with Crippen LogP contribution in [0.3, 0.4) is 0 Å². The van der Waals surface area contributed by atoms with Crippen molar-refractivity contribution in [3.8, 4) is 22.8 Å². The average molecular weight is 764 g/mol. The van der Waals surface area contributed by atoms with Crippen LogP contribution in [0, 0.1) is 5.92 Å². The smallest absolute Gasteiger partial charge is 0.259 e. The topological polar surface area (TPSA) is 173 Å². The second-order valence-electron chi connectivity index (χ2n) is 14.0. The predicted molar refractivity (Wildman–Crippen MR) is 205 cm³/mol. The third kappa shape index (κ3) is 7.67. The minimum atomic E-state index is -3.92. The van der Waals surface area contributed by atoms with Crippen LogP contribution in [0.15, 0.2) is 110 Å². The third-order valence-corrected chi connectivity index (χ3v) is 12.1. The van der Waals surface area contributed by atoms with Crippen LogP contribution in [0.2, 0.25) is 0 Å². The van der Waals surface area contributed by atoms with Gasteiger partial charge in [-0.3, -0.25) is 23.9 Å². The largest absolute Gasteiger partial charge is 0.497 e. The number of nitrogens with zero attached hydrogens (tertiary/aromatic N) is 2. The minimum Gasteiger partial charge on any atom is -0.497 e. The van der Waals surface area contributed by atoms with Crippen LogP contribution >= 0.6 is 0 Å². The lowest BCUT2D eigenvalue weighted by Gasteiger charge is -2.30. The molecule has 55 heavy (non-hydrogen) atoms. The summed E-state index contributed by atoms with van der Waals surface area (Å²) < 4.78 is 39.8. The maximum Gasteiger partial charge on any atom is 0.259 e. The van der Waals surface area contributed by atoms with Gasteiger partial charge in [0.2, 0.25) is 21.8 Å². The number of sulfonamides is 1. The quantitative estimate of drug-likeness (QED) is 0.127. The summed E-state index contributed by atoms with van der Waals surface area (Å²) in [5, 5.41) is 5.52. The minimum absolute atomic E-state index is 0.00591. The van der Waals surface area contributed by atoms with E-state index in [1.807, 2.05) is 36.4 Å².